The zero-order valence-electron chi connectivity index (χ0n) is 20.4. The van der Waals surface area contributed by atoms with E-state index in [-0.39, 0.29) is 6.61 Å². The molecule has 0 aliphatic carbocycles. The van der Waals surface area contributed by atoms with Gasteiger partial charge in [-0.2, -0.15) is 0 Å². The first kappa shape index (κ1) is 24.7. The van der Waals surface area contributed by atoms with Gasteiger partial charge in [-0.25, -0.2) is 9.59 Å². The van der Waals surface area contributed by atoms with Gasteiger partial charge in [0.05, 0.1) is 25.8 Å². The Morgan fingerprint density at radius 1 is 0.861 bits per heavy atom. The first-order valence-corrected chi connectivity index (χ1v) is 11.4. The molecule has 0 radical (unpaired) electrons. The summed E-state index contributed by atoms with van der Waals surface area (Å²) >= 11 is 0. The van der Waals surface area contributed by atoms with Gasteiger partial charge in [0.25, 0.3) is 0 Å². The number of nitrogens with one attached hydrogen (secondary N) is 2. The summed E-state index contributed by atoms with van der Waals surface area (Å²) in [5, 5.41) is 5.49. The van der Waals surface area contributed by atoms with E-state index in [0.717, 1.165) is 11.1 Å². The molecule has 0 fully saturated rings. The monoisotopic (exact) mass is 488 g/mol. The van der Waals surface area contributed by atoms with E-state index in [9.17, 15) is 9.59 Å². The summed E-state index contributed by atoms with van der Waals surface area (Å²) in [7, 11) is 3.15. The highest BCUT2D eigenvalue weighted by molar-refractivity contribution is 5.95. The normalized spacial score (nSPS) is 15.0. The van der Waals surface area contributed by atoms with Crippen LogP contribution in [0.2, 0.25) is 0 Å². The molecule has 2 N–H and O–H groups in total. The Morgan fingerprint density at radius 2 is 1.58 bits per heavy atom. The molecular weight excluding hydrogens is 460 g/mol. The highest BCUT2D eigenvalue weighted by Crippen LogP contribution is 2.35. The van der Waals surface area contributed by atoms with Gasteiger partial charge in [-0.15, -0.1) is 0 Å². The van der Waals surface area contributed by atoms with Crippen LogP contribution in [0.5, 0.6) is 17.2 Å². The molecule has 2 amide bonds. The largest absolute Gasteiger partial charge is 0.497 e. The van der Waals surface area contributed by atoms with Gasteiger partial charge in [0.1, 0.15) is 19.0 Å². The van der Waals surface area contributed by atoms with Crippen molar-refractivity contribution in [3.8, 4) is 17.2 Å². The quantitative estimate of drug-likeness (QED) is 0.426. The van der Waals surface area contributed by atoms with Crippen LogP contribution in [0.25, 0.3) is 0 Å². The Bertz CT molecular complexity index is 1250. The number of benzene rings is 3. The number of amides is 2. The van der Waals surface area contributed by atoms with Crippen LogP contribution in [0.1, 0.15) is 29.7 Å². The maximum Gasteiger partial charge on any atom is 0.338 e. The highest BCUT2D eigenvalue weighted by atomic mass is 16.5. The predicted molar refractivity (Wildman–Crippen MR) is 134 cm³/mol. The van der Waals surface area contributed by atoms with Gasteiger partial charge in [-0.3, -0.25) is 0 Å². The summed E-state index contributed by atoms with van der Waals surface area (Å²) < 4.78 is 22.2. The maximum atomic E-state index is 13.2. The summed E-state index contributed by atoms with van der Waals surface area (Å²) in [5.41, 5.74) is 3.20. The first-order chi connectivity index (χ1) is 17.5. The number of urea groups is 1. The SMILES string of the molecule is COc1ccc(COC(=O)C2=C(C)NC(=O)N[C@@H]2c2ccc(OC)c(OCc3ccccc3)c2)cc1. The van der Waals surface area contributed by atoms with Crippen LogP contribution in [0, 0.1) is 0 Å². The molecule has 0 unspecified atom stereocenters. The first-order valence-electron chi connectivity index (χ1n) is 11.4. The lowest BCUT2D eigenvalue weighted by Gasteiger charge is -2.28. The van der Waals surface area contributed by atoms with E-state index in [1.165, 1.54) is 0 Å². The standard InChI is InChI=1S/C28H28N2O6/c1-18-25(27(31)36-17-20-9-12-22(33-2)13-10-20)26(30-28(32)29-18)21-11-14-23(34-3)24(15-21)35-16-19-7-5-4-6-8-19/h4-15,26H,16-17H2,1-3H3,(H2,29,30,32)/t26-/m1/s1. The van der Waals surface area contributed by atoms with Crippen molar-refractivity contribution in [3.05, 3.63) is 101 Å². The number of rotatable bonds is 9. The lowest BCUT2D eigenvalue weighted by Crippen LogP contribution is -2.45. The van der Waals surface area contributed by atoms with Gasteiger partial charge in [0.15, 0.2) is 11.5 Å². The van der Waals surface area contributed by atoms with Gasteiger partial charge >= 0.3 is 12.0 Å². The Morgan fingerprint density at radius 3 is 2.28 bits per heavy atom. The highest BCUT2D eigenvalue weighted by Gasteiger charge is 2.33. The van der Waals surface area contributed by atoms with Gasteiger partial charge in [-0.1, -0.05) is 48.5 Å². The van der Waals surface area contributed by atoms with E-state index in [0.29, 0.717) is 40.7 Å². The fourth-order valence-corrected chi connectivity index (χ4v) is 3.88. The number of ether oxygens (including phenoxy) is 4. The molecule has 0 saturated carbocycles. The number of hydrogen-bond acceptors (Lipinski definition) is 6. The molecule has 0 saturated heterocycles. The van der Waals surface area contributed by atoms with Gasteiger partial charge in [0.2, 0.25) is 0 Å². The minimum atomic E-state index is -0.730. The minimum absolute atomic E-state index is 0.0777. The van der Waals surface area contributed by atoms with Crippen LogP contribution in [-0.4, -0.2) is 26.2 Å². The third-order valence-corrected chi connectivity index (χ3v) is 5.78. The second-order valence-electron chi connectivity index (χ2n) is 8.18. The number of allylic oxidation sites excluding steroid dienone is 1. The van der Waals surface area contributed by atoms with Gasteiger partial charge < -0.3 is 29.6 Å². The molecule has 36 heavy (non-hydrogen) atoms. The van der Waals surface area contributed by atoms with Crippen LogP contribution in [-0.2, 0) is 22.7 Å². The van der Waals surface area contributed by atoms with Crippen molar-refractivity contribution >= 4 is 12.0 Å². The zero-order valence-corrected chi connectivity index (χ0v) is 20.4. The molecule has 1 aliphatic rings. The summed E-state index contributed by atoms with van der Waals surface area (Å²) in [6, 6.07) is 21.2. The van der Waals surface area contributed by atoms with Crippen LogP contribution in [0.15, 0.2) is 84.1 Å². The molecular formula is C28H28N2O6. The predicted octanol–water partition coefficient (Wildman–Crippen LogP) is 4.65. The van der Waals surface area contributed by atoms with Crippen molar-refractivity contribution in [2.75, 3.05) is 14.2 Å². The van der Waals surface area contributed by atoms with E-state index < -0.39 is 18.0 Å². The molecule has 1 atom stereocenters. The molecule has 8 nitrogen and oxygen atoms in total. The van der Waals surface area contributed by atoms with Crippen molar-refractivity contribution in [2.24, 2.45) is 0 Å². The van der Waals surface area contributed by atoms with Crippen LogP contribution in [0.3, 0.4) is 0 Å². The Hall–Kier alpha value is -4.46. The van der Waals surface area contributed by atoms with E-state index in [1.807, 2.05) is 42.5 Å². The third kappa shape index (κ3) is 5.78. The fraction of sp³-hybridized carbons (Fsp3) is 0.214. The summed E-state index contributed by atoms with van der Waals surface area (Å²) in [6.45, 7) is 2.09. The molecule has 0 aromatic heterocycles. The van der Waals surface area contributed by atoms with Crippen LogP contribution >= 0.6 is 0 Å². The average molecular weight is 489 g/mol. The topological polar surface area (TPSA) is 95.1 Å². The lowest BCUT2D eigenvalue weighted by atomic mass is 9.95. The molecule has 3 aromatic rings. The fourth-order valence-electron chi connectivity index (χ4n) is 3.88. The summed E-state index contributed by atoms with van der Waals surface area (Å²) in [4.78, 5) is 25.5. The molecule has 1 heterocycles. The molecule has 3 aromatic carbocycles. The molecule has 1 aliphatic heterocycles. The lowest BCUT2D eigenvalue weighted by molar-refractivity contribution is -0.140. The maximum absolute atomic E-state index is 13.2. The Kier molecular flexibility index (Phi) is 7.75. The average Bonchev–Trinajstić information content (AvgIpc) is 2.90. The van der Waals surface area contributed by atoms with Crippen LogP contribution < -0.4 is 24.8 Å². The van der Waals surface area contributed by atoms with E-state index >= 15 is 0 Å². The van der Waals surface area contributed by atoms with Crippen molar-refractivity contribution < 1.29 is 28.5 Å². The zero-order chi connectivity index (χ0) is 25.5. The van der Waals surface area contributed by atoms with E-state index in [2.05, 4.69) is 10.6 Å². The molecule has 0 bridgehead atoms. The second-order valence-corrected chi connectivity index (χ2v) is 8.18. The van der Waals surface area contributed by atoms with Gasteiger partial charge in [0, 0.05) is 5.70 Å². The van der Waals surface area contributed by atoms with E-state index in [4.69, 9.17) is 18.9 Å². The molecule has 4 rings (SSSR count). The molecule has 8 heteroatoms. The van der Waals surface area contributed by atoms with Crippen molar-refractivity contribution in [1.82, 2.24) is 10.6 Å². The summed E-state index contributed by atoms with van der Waals surface area (Å²) in [5.74, 6) is 1.21. The number of hydrogen-bond donors (Lipinski definition) is 2. The number of carbonyl (C=O) groups is 2. The molecule has 186 valence electrons. The Balaban J connectivity index is 1.56. The van der Waals surface area contributed by atoms with Crippen molar-refractivity contribution in [2.45, 2.75) is 26.2 Å². The van der Waals surface area contributed by atoms with E-state index in [1.54, 1.807) is 51.5 Å². The van der Waals surface area contributed by atoms with Gasteiger partial charge in [-0.05, 0) is 47.9 Å². The van der Waals surface area contributed by atoms with Crippen LogP contribution in [0.4, 0.5) is 4.79 Å². The smallest absolute Gasteiger partial charge is 0.338 e. The molecule has 0 spiro atoms. The van der Waals surface area contributed by atoms with Crippen molar-refractivity contribution in [3.63, 3.8) is 0 Å². The number of methoxy groups -OCH3 is 2. The minimum Gasteiger partial charge on any atom is -0.497 e. The number of esters is 1. The van der Waals surface area contributed by atoms with Crippen molar-refractivity contribution in [1.29, 1.82) is 0 Å². The third-order valence-electron chi connectivity index (χ3n) is 5.78. The summed E-state index contributed by atoms with van der Waals surface area (Å²) in [6.07, 6.45) is 0. The number of carbonyl (C=O) groups excluding carboxylic acids is 2. The second kappa shape index (κ2) is 11.3. The Labute approximate surface area is 209 Å².